The molecule has 3 aromatic carbocycles. The molecule has 1 aliphatic rings. The summed E-state index contributed by atoms with van der Waals surface area (Å²) in [5.74, 6) is -1.55. The summed E-state index contributed by atoms with van der Waals surface area (Å²) in [6.45, 7) is 1.54. The van der Waals surface area contributed by atoms with Gasteiger partial charge in [0.25, 0.3) is 0 Å². The van der Waals surface area contributed by atoms with E-state index in [9.17, 15) is 22.8 Å². The van der Waals surface area contributed by atoms with Crippen LogP contribution in [0.4, 0.5) is 24.5 Å². The van der Waals surface area contributed by atoms with Crippen LogP contribution in [0.2, 0.25) is 0 Å². The van der Waals surface area contributed by atoms with Crippen molar-refractivity contribution in [1.29, 1.82) is 0 Å². The minimum absolute atomic E-state index is 0.0327. The molecular formula is C24H22F3N3O2. The molecule has 0 aliphatic carbocycles. The highest BCUT2D eigenvalue weighted by molar-refractivity contribution is 6.05. The van der Waals surface area contributed by atoms with E-state index in [1.165, 1.54) is 18.2 Å². The van der Waals surface area contributed by atoms with E-state index < -0.39 is 30.5 Å². The van der Waals surface area contributed by atoms with E-state index in [1.807, 2.05) is 49.4 Å². The number of halogens is 3. The van der Waals surface area contributed by atoms with Gasteiger partial charge in [-0.15, -0.1) is 0 Å². The van der Waals surface area contributed by atoms with Gasteiger partial charge in [-0.05, 0) is 35.4 Å². The van der Waals surface area contributed by atoms with Gasteiger partial charge in [-0.3, -0.25) is 14.5 Å². The van der Waals surface area contributed by atoms with E-state index in [-0.39, 0.29) is 24.0 Å². The van der Waals surface area contributed by atoms with Crippen molar-refractivity contribution in [3.8, 4) is 0 Å². The molecule has 2 atom stereocenters. The Bertz CT molecular complexity index is 1160. The van der Waals surface area contributed by atoms with Crippen LogP contribution < -0.4 is 15.5 Å². The molecule has 5 nitrogen and oxygen atoms in total. The summed E-state index contributed by atoms with van der Waals surface area (Å²) in [6.07, 6.45) is -5.62. The Balaban J connectivity index is 1.61. The lowest BCUT2D eigenvalue weighted by molar-refractivity contribution is -0.157. The SMILES string of the molecule is CC(NCC(=O)N1c2ccccc2NC(=O)CC1C(F)(F)F)c1cccc2ccccc12. The molecular weight excluding hydrogens is 419 g/mol. The number of alkyl halides is 3. The highest BCUT2D eigenvalue weighted by Crippen LogP contribution is 2.37. The van der Waals surface area contributed by atoms with Gasteiger partial charge in [-0.25, -0.2) is 0 Å². The number of carbonyl (C=O) groups excluding carboxylic acids is 2. The topological polar surface area (TPSA) is 61.4 Å². The molecule has 8 heteroatoms. The number of nitrogens with zero attached hydrogens (tertiary/aromatic N) is 1. The first kappa shape index (κ1) is 21.8. The lowest BCUT2D eigenvalue weighted by Crippen LogP contribution is -2.52. The molecule has 4 rings (SSSR count). The van der Waals surface area contributed by atoms with Gasteiger partial charge in [0.1, 0.15) is 6.04 Å². The first-order chi connectivity index (χ1) is 15.3. The molecule has 0 spiro atoms. The second-order valence-corrected chi connectivity index (χ2v) is 7.76. The summed E-state index contributed by atoms with van der Waals surface area (Å²) in [6, 6.07) is 17.1. The molecule has 0 radical (unpaired) electrons. The molecule has 1 heterocycles. The average molecular weight is 441 g/mol. The molecule has 3 aromatic rings. The number of amides is 2. The van der Waals surface area contributed by atoms with E-state index in [1.54, 1.807) is 6.07 Å². The van der Waals surface area contributed by atoms with Crippen LogP contribution in [-0.2, 0) is 9.59 Å². The first-order valence-corrected chi connectivity index (χ1v) is 10.2. The maximum absolute atomic E-state index is 13.8. The smallest absolute Gasteiger partial charge is 0.324 e. The molecule has 0 fully saturated rings. The minimum Gasteiger partial charge on any atom is -0.324 e. The van der Waals surface area contributed by atoms with Crippen LogP contribution in [0, 0.1) is 0 Å². The van der Waals surface area contributed by atoms with Gasteiger partial charge in [-0.1, -0.05) is 54.6 Å². The predicted octanol–water partition coefficient (Wildman–Crippen LogP) is 4.80. The Kier molecular flexibility index (Phi) is 5.88. The number of hydrogen-bond acceptors (Lipinski definition) is 3. The van der Waals surface area contributed by atoms with Crippen LogP contribution in [0.3, 0.4) is 0 Å². The van der Waals surface area contributed by atoms with Crippen molar-refractivity contribution in [2.75, 3.05) is 16.8 Å². The van der Waals surface area contributed by atoms with E-state index in [4.69, 9.17) is 0 Å². The molecule has 2 unspecified atom stereocenters. The summed E-state index contributed by atoms with van der Waals surface area (Å²) >= 11 is 0. The molecule has 32 heavy (non-hydrogen) atoms. The summed E-state index contributed by atoms with van der Waals surface area (Å²) < 4.78 is 41.5. The quantitative estimate of drug-likeness (QED) is 0.612. The fourth-order valence-electron chi connectivity index (χ4n) is 4.06. The van der Waals surface area contributed by atoms with Crippen molar-refractivity contribution < 1.29 is 22.8 Å². The van der Waals surface area contributed by atoms with Gasteiger partial charge in [-0.2, -0.15) is 13.2 Å². The average Bonchev–Trinajstić information content (AvgIpc) is 2.92. The summed E-state index contributed by atoms with van der Waals surface area (Å²) in [4.78, 5) is 25.9. The predicted molar refractivity (Wildman–Crippen MR) is 117 cm³/mol. The monoisotopic (exact) mass is 441 g/mol. The van der Waals surface area contributed by atoms with Crippen LogP contribution in [0.25, 0.3) is 10.8 Å². The number of rotatable bonds is 4. The zero-order valence-corrected chi connectivity index (χ0v) is 17.3. The van der Waals surface area contributed by atoms with Crippen molar-refractivity contribution >= 4 is 34.0 Å². The largest absolute Gasteiger partial charge is 0.409 e. The number of carbonyl (C=O) groups is 2. The van der Waals surface area contributed by atoms with Gasteiger partial charge in [0, 0.05) is 6.04 Å². The Morgan fingerprint density at radius 2 is 1.78 bits per heavy atom. The lowest BCUT2D eigenvalue weighted by atomic mass is 10.00. The van der Waals surface area contributed by atoms with Crippen molar-refractivity contribution in [2.45, 2.75) is 31.6 Å². The Hall–Kier alpha value is -3.39. The second-order valence-electron chi connectivity index (χ2n) is 7.76. The minimum atomic E-state index is -4.76. The summed E-state index contributed by atoms with van der Waals surface area (Å²) in [7, 11) is 0. The fourth-order valence-corrected chi connectivity index (χ4v) is 4.06. The van der Waals surface area contributed by atoms with E-state index in [2.05, 4.69) is 10.6 Å². The van der Waals surface area contributed by atoms with E-state index in [0.717, 1.165) is 16.3 Å². The third kappa shape index (κ3) is 4.31. The third-order valence-electron chi connectivity index (χ3n) is 5.62. The van der Waals surface area contributed by atoms with Crippen LogP contribution in [0.15, 0.2) is 66.7 Å². The van der Waals surface area contributed by atoms with Gasteiger partial charge in [0.05, 0.1) is 24.3 Å². The highest BCUT2D eigenvalue weighted by atomic mass is 19.4. The molecule has 0 saturated heterocycles. The molecule has 0 bridgehead atoms. The Morgan fingerprint density at radius 3 is 2.56 bits per heavy atom. The zero-order valence-electron chi connectivity index (χ0n) is 17.3. The summed E-state index contributed by atoms with van der Waals surface area (Å²) in [5, 5.41) is 7.57. The maximum Gasteiger partial charge on any atom is 0.409 e. The highest BCUT2D eigenvalue weighted by Gasteiger charge is 2.48. The number of hydrogen-bond donors (Lipinski definition) is 2. The second kappa shape index (κ2) is 8.63. The van der Waals surface area contributed by atoms with Crippen LogP contribution in [0.5, 0.6) is 0 Å². The fraction of sp³-hybridized carbons (Fsp3) is 0.250. The van der Waals surface area contributed by atoms with Crippen LogP contribution in [-0.4, -0.2) is 30.6 Å². The molecule has 0 saturated carbocycles. The maximum atomic E-state index is 13.8. The Labute approximate surface area is 183 Å². The molecule has 1 aliphatic heterocycles. The number of anilines is 2. The van der Waals surface area contributed by atoms with Crippen molar-refractivity contribution in [3.63, 3.8) is 0 Å². The Morgan fingerprint density at radius 1 is 1.09 bits per heavy atom. The molecule has 0 aromatic heterocycles. The number of para-hydroxylation sites is 2. The van der Waals surface area contributed by atoms with Crippen molar-refractivity contribution in [3.05, 3.63) is 72.3 Å². The van der Waals surface area contributed by atoms with Gasteiger partial charge in [0.15, 0.2) is 0 Å². The number of benzene rings is 3. The molecule has 2 amide bonds. The normalized spacial score (nSPS) is 17.4. The van der Waals surface area contributed by atoms with Crippen molar-refractivity contribution in [2.24, 2.45) is 0 Å². The van der Waals surface area contributed by atoms with Gasteiger partial charge >= 0.3 is 6.18 Å². The van der Waals surface area contributed by atoms with Crippen LogP contribution >= 0.6 is 0 Å². The van der Waals surface area contributed by atoms with E-state index >= 15 is 0 Å². The summed E-state index contributed by atoms with van der Waals surface area (Å²) in [5.41, 5.74) is 1.15. The molecule has 2 N–H and O–H groups in total. The van der Waals surface area contributed by atoms with Crippen LogP contribution in [0.1, 0.15) is 24.9 Å². The first-order valence-electron chi connectivity index (χ1n) is 10.2. The van der Waals surface area contributed by atoms with Crippen molar-refractivity contribution in [1.82, 2.24) is 5.32 Å². The lowest BCUT2D eigenvalue weighted by Gasteiger charge is -2.32. The number of nitrogens with one attached hydrogen (secondary N) is 2. The molecule has 166 valence electrons. The van der Waals surface area contributed by atoms with Gasteiger partial charge in [0.2, 0.25) is 11.8 Å². The standard InChI is InChI=1S/C24H22F3N3O2/c1-15(17-10-6-8-16-7-2-3-9-18(16)17)28-14-23(32)30-20-12-5-4-11-19(20)29-22(31)13-21(30)24(25,26)27/h2-12,15,21,28H,13-14H2,1H3,(H,29,31). The van der Waals surface area contributed by atoms with E-state index in [0.29, 0.717) is 4.90 Å². The zero-order chi connectivity index (χ0) is 22.9. The van der Waals surface area contributed by atoms with Gasteiger partial charge < -0.3 is 10.6 Å². The third-order valence-corrected chi connectivity index (χ3v) is 5.62. The number of fused-ring (bicyclic) bond motifs is 2.